The second kappa shape index (κ2) is 8.16. The van der Waals surface area contributed by atoms with Crippen molar-refractivity contribution < 1.29 is 13.9 Å². The predicted molar refractivity (Wildman–Crippen MR) is 117 cm³/mol. The molecule has 0 aliphatic carbocycles. The summed E-state index contributed by atoms with van der Waals surface area (Å²) in [5.41, 5.74) is 4.38. The fourth-order valence-electron chi connectivity index (χ4n) is 3.33. The van der Waals surface area contributed by atoms with Gasteiger partial charge in [0.05, 0.1) is 17.6 Å². The summed E-state index contributed by atoms with van der Waals surface area (Å²) >= 11 is 1.55. The van der Waals surface area contributed by atoms with Crippen molar-refractivity contribution in [2.75, 3.05) is 12.4 Å². The normalized spacial score (nSPS) is 10.9. The van der Waals surface area contributed by atoms with Crippen LogP contribution in [0.15, 0.2) is 46.2 Å². The van der Waals surface area contributed by atoms with Gasteiger partial charge in [0.25, 0.3) is 5.89 Å². The van der Waals surface area contributed by atoms with Crippen LogP contribution in [0.5, 0.6) is 5.75 Å². The molecular formula is C22H22N4O3S. The van der Waals surface area contributed by atoms with Crippen LogP contribution in [0.2, 0.25) is 0 Å². The van der Waals surface area contributed by atoms with Crippen molar-refractivity contribution in [3.8, 4) is 28.0 Å². The average molecular weight is 423 g/mol. The highest BCUT2D eigenvalue weighted by atomic mass is 32.1. The third kappa shape index (κ3) is 3.86. The van der Waals surface area contributed by atoms with Crippen LogP contribution < -0.4 is 10.1 Å². The third-order valence-corrected chi connectivity index (χ3v) is 5.83. The second-order valence-corrected chi connectivity index (χ2v) is 7.94. The van der Waals surface area contributed by atoms with Gasteiger partial charge in [-0.15, -0.1) is 21.5 Å². The minimum atomic E-state index is -0.110. The molecule has 1 amide bonds. The molecule has 0 fully saturated rings. The monoisotopic (exact) mass is 422 g/mol. The molecule has 7 nitrogen and oxygen atoms in total. The fourth-order valence-corrected chi connectivity index (χ4v) is 3.97. The predicted octanol–water partition coefficient (Wildman–Crippen LogP) is 4.84. The Bertz CT molecular complexity index is 1190. The van der Waals surface area contributed by atoms with E-state index in [1.165, 1.54) is 0 Å². The first kappa shape index (κ1) is 19.9. The van der Waals surface area contributed by atoms with Crippen molar-refractivity contribution in [1.29, 1.82) is 0 Å². The van der Waals surface area contributed by atoms with Gasteiger partial charge < -0.3 is 19.0 Å². The van der Waals surface area contributed by atoms with Crippen LogP contribution in [0.1, 0.15) is 17.0 Å². The van der Waals surface area contributed by atoms with E-state index < -0.39 is 0 Å². The second-order valence-electron chi connectivity index (χ2n) is 6.99. The summed E-state index contributed by atoms with van der Waals surface area (Å²) in [7, 11) is 1.62. The lowest BCUT2D eigenvalue weighted by Gasteiger charge is -2.12. The summed E-state index contributed by atoms with van der Waals surface area (Å²) in [6.45, 7) is 6.03. The van der Waals surface area contributed by atoms with E-state index in [-0.39, 0.29) is 12.5 Å². The molecule has 1 aromatic carbocycles. The Kier molecular flexibility index (Phi) is 5.41. The van der Waals surface area contributed by atoms with Crippen molar-refractivity contribution in [1.82, 2.24) is 14.8 Å². The van der Waals surface area contributed by atoms with E-state index in [9.17, 15) is 4.79 Å². The number of anilines is 1. The van der Waals surface area contributed by atoms with Gasteiger partial charge in [-0.05, 0) is 62.0 Å². The van der Waals surface area contributed by atoms with Crippen molar-refractivity contribution >= 4 is 22.9 Å². The minimum absolute atomic E-state index is 0.110. The SMILES string of the molecule is COc1ccc(NC(=O)Cn2c(C)cc(-c3nnc(-c4cccs4)o3)c2C)c(C)c1. The number of thiophene rings is 1. The zero-order valence-corrected chi connectivity index (χ0v) is 18.0. The molecule has 1 N–H and O–H groups in total. The molecule has 0 unspecified atom stereocenters. The van der Waals surface area contributed by atoms with E-state index in [0.29, 0.717) is 11.8 Å². The van der Waals surface area contributed by atoms with Gasteiger partial charge in [-0.3, -0.25) is 4.79 Å². The summed E-state index contributed by atoms with van der Waals surface area (Å²) in [6, 6.07) is 11.4. The highest BCUT2D eigenvalue weighted by Gasteiger charge is 2.19. The van der Waals surface area contributed by atoms with Crippen LogP contribution in [0.3, 0.4) is 0 Å². The average Bonchev–Trinajstić information content (AvgIpc) is 3.46. The summed E-state index contributed by atoms with van der Waals surface area (Å²) < 4.78 is 13.0. The maximum absolute atomic E-state index is 12.7. The number of amides is 1. The highest BCUT2D eigenvalue weighted by Crippen LogP contribution is 2.30. The molecular weight excluding hydrogens is 400 g/mol. The lowest BCUT2D eigenvalue weighted by molar-refractivity contribution is -0.116. The fraction of sp³-hybridized carbons (Fsp3) is 0.227. The summed E-state index contributed by atoms with van der Waals surface area (Å²) in [4.78, 5) is 13.6. The van der Waals surface area contributed by atoms with Crippen molar-refractivity contribution in [2.24, 2.45) is 0 Å². The molecule has 0 saturated carbocycles. The number of rotatable bonds is 6. The van der Waals surface area contributed by atoms with Gasteiger partial charge in [-0.1, -0.05) is 6.07 Å². The molecule has 0 aliphatic heterocycles. The van der Waals surface area contributed by atoms with Crippen LogP contribution in [-0.2, 0) is 11.3 Å². The number of ether oxygens (including phenoxy) is 1. The molecule has 4 rings (SSSR count). The maximum Gasteiger partial charge on any atom is 0.258 e. The molecule has 3 heterocycles. The minimum Gasteiger partial charge on any atom is -0.497 e. The van der Waals surface area contributed by atoms with Crippen molar-refractivity contribution in [3.63, 3.8) is 0 Å². The third-order valence-electron chi connectivity index (χ3n) is 4.97. The Morgan fingerprint density at radius 3 is 2.67 bits per heavy atom. The van der Waals surface area contributed by atoms with E-state index in [2.05, 4.69) is 15.5 Å². The van der Waals surface area contributed by atoms with Gasteiger partial charge in [0.15, 0.2) is 0 Å². The Labute approximate surface area is 178 Å². The topological polar surface area (TPSA) is 82.2 Å². The number of hydrogen-bond acceptors (Lipinski definition) is 6. The number of benzene rings is 1. The number of hydrogen-bond donors (Lipinski definition) is 1. The zero-order chi connectivity index (χ0) is 21.3. The Balaban J connectivity index is 1.53. The Morgan fingerprint density at radius 2 is 1.97 bits per heavy atom. The van der Waals surface area contributed by atoms with Gasteiger partial charge in [0.1, 0.15) is 12.3 Å². The standard InChI is InChI=1S/C22H22N4O3S/c1-13-10-16(28-4)7-8-18(13)23-20(27)12-26-14(2)11-17(15(26)3)21-24-25-22(29-21)19-6-5-9-30-19/h5-11H,12H2,1-4H3,(H,23,27). The number of carbonyl (C=O) groups is 1. The van der Waals surface area contributed by atoms with Crippen molar-refractivity contribution in [3.05, 3.63) is 58.7 Å². The molecule has 0 bridgehead atoms. The van der Waals surface area contributed by atoms with Gasteiger partial charge in [0, 0.05) is 17.1 Å². The molecule has 4 aromatic rings. The molecule has 3 aromatic heterocycles. The molecule has 0 atom stereocenters. The quantitative estimate of drug-likeness (QED) is 0.481. The molecule has 8 heteroatoms. The number of nitrogens with one attached hydrogen (secondary N) is 1. The number of aryl methyl sites for hydroxylation is 2. The molecule has 0 saturated heterocycles. The summed E-state index contributed by atoms with van der Waals surface area (Å²) in [5.74, 6) is 1.59. The lowest BCUT2D eigenvalue weighted by atomic mass is 10.2. The van der Waals surface area contributed by atoms with Gasteiger partial charge >= 0.3 is 0 Å². The first-order valence-corrected chi connectivity index (χ1v) is 10.3. The van der Waals surface area contributed by atoms with Gasteiger partial charge in [0.2, 0.25) is 11.8 Å². The molecule has 154 valence electrons. The van der Waals surface area contributed by atoms with Gasteiger partial charge in [-0.2, -0.15) is 0 Å². The summed E-state index contributed by atoms with van der Waals surface area (Å²) in [5, 5.41) is 13.3. The number of aromatic nitrogens is 3. The largest absolute Gasteiger partial charge is 0.497 e. The van der Waals surface area contributed by atoms with Crippen LogP contribution in [0.4, 0.5) is 5.69 Å². The van der Waals surface area contributed by atoms with Crippen LogP contribution in [-0.4, -0.2) is 27.8 Å². The highest BCUT2D eigenvalue weighted by molar-refractivity contribution is 7.13. The van der Waals surface area contributed by atoms with Crippen LogP contribution in [0, 0.1) is 20.8 Å². The molecule has 30 heavy (non-hydrogen) atoms. The summed E-state index contributed by atoms with van der Waals surface area (Å²) in [6.07, 6.45) is 0. The number of nitrogens with zero attached hydrogens (tertiary/aromatic N) is 3. The molecule has 0 spiro atoms. The Morgan fingerprint density at radius 1 is 1.17 bits per heavy atom. The zero-order valence-electron chi connectivity index (χ0n) is 17.2. The lowest BCUT2D eigenvalue weighted by Crippen LogP contribution is -2.20. The first-order valence-electron chi connectivity index (χ1n) is 9.45. The van der Waals surface area contributed by atoms with Gasteiger partial charge in [-0.25, -0.2) is 0 Å². The van der Waals surface area contributed by atoms with E-state index in [1.54, 1.807) is 18.4 Å². The van der Waals surface area contributed by atoms with Crippen LogP contribution >= 0.6 is 11.3 Å². The Hall–Kier alpha value is -3.39. The van der Waals surface area contributed by atoms with Crippen molar-refractivity contribution in [2.45, 2.75) is 27.3 Å². The number of methoxy groups -OCH3 is 1. The molecule has 0 aliphatic rings. The maximum atomic E-state index is 12.7. The van der Waals surface area contributed by atoms with E-state index in [1.807, 2.05) is 67.1 Å². The smallest absolute Gasteiger partial charge is 0.258 e. The van der Waals surface area contributed by atoms with E-state index in [4.69, 9.17) is 9.15 Å². The number of carbonyl (C=O) groups excluding carboxylic acids is 1. The van der Waals surface area contributed by atoms with E-state index >= 15 is 0 Å². The molecule has 0 radical (unpaired) electrons. The van der Waals surface area contributed by atoms with E-state index in [0.717, 1.165) is 38.8 Å². The van der Waals surface area contributed by atoms with Crippen LogP contribution in [0.25, 0.3) is 22.2 Å². The first-order chi connectivity index (χ1) is 14.5.